The predicted molar refractivity (Wildman–Crippen MR) is 132 cm³/mol. The SMILES string of the molecule is C=C1COC(C)(C)O[C@H]1[C@@H]1OC(C)(C)O[C@H]1/C=[CH]/[Sn]([CH2]CCC)([CH2]CCC)[CH2]CCC. The van der Waals surface area contributed by atoms with Gasteiger partial charge >= 0.3 is 196 Å². The minimum atomic E-state index is -2.39. The van der Waals surface area contributed by atoms with E-state index in [0.29, 0.717) is 6.61 Å². The molecule has 180 valence electrons. The van der Waals surface area contributed by atoms with Crippen LogP contribution in [0, 0.1) is 0 Å². The van der Waals surface area contributed by atoms with Crippen molar-refractivity contribution in [3.63, 3.8) is 0 Å². The molecule has 3 atom stereocenters. The molecule has 0 aromatic rings. The summed E-state index contributed by atoms with van der Waals surface area (Å²) in [5.41, 5.74) is 0.932. The van der Waals surface area contributed by atoms with Gasteiger partial charge in [-0.25, -0.2) is 0 Å². The van der Waals surface area contributed by atoms with Crippen LogP contribution in [0.25, 0.3) is 0 Å². The predicted octanol–water partition coefficient (Wildman–Crippen LogP) is 7.16. The van der Waals surface area contributed by atoms with Crippen LogP contribution >= 0.6 is 0 Å². The molecule has 5 heteroatoms. The van der Waals surface area contributed by atoms with Crippen molar-refractivity contribution in [1.82, 2.24) is 0 Å². The van der Waals surface area contributed by atoms with Gasteiger partial charge in [0.25, 0.3) is 0 Å². The summed E-state index contributed by atoms with van der Waals surface area (Å²) in [5.74, 6) is -1.26. The second-order valence-electron chi connectivity index (χ2n) is 10.5. The normalized spacial score (nSPS) is 28.5. The maximum absolute atomic E-state index is 6.40. The molecule has 0 radical (unpaired) electrons. The van der Waals surface area contributed by atoms with E-state index in [0.717, 1.165) is 5.57 Å². The fraction of sp³-hybridized carbons (Fsp3) is 0.846. The van der Waals surface area contributed by atoms with Crippen molar-refractivity contribution < 1.29 is 18.9 Å². The van der Waals surface area contributed by atoms with Crippen LogP contribution < -0.4 is 0 Å². The zero-order chi connectivity index (χ0) is 23.1. The fourth-order valence-corrected chi connectivity index (χ4v) is 19.1. The van der Waals surface area contributed by atoms with E-state index < -0.39 is 30.0 Å². The molecule has 2 fully saturated rings. The van der Waals surface area contributed by atoms with Crippen molar-refractivity contribution in [1.29, 1.82) is 0 Å². The second-order valence-corrected chi connectivity index (χ2v) is 23.5. The third-order valence-electron chi connectivity index (χ3n) is 6.60. The molecule has 2 rings (SSSR count). The topological polar surface area (TPSA) is 36.9 Å². The Labute approximate surface area is 196 Å². The van der Waals surface area contributed by atoms with Gasteiger partial charge in [0, 0.05) is 0 Å². The van der Waals surface area contributed by atoms with E-state index in [4.69, 9.17) is 18.9 Å². The van der Waals surface area contributed by atoms with Gasteiger partial charge in [-0.15, -0.1) is 0 Å². The number of hydrogen-bond donors (Lipinski definition) is 0. The molecular weight excluding hydrogens is 495 g/mol. The molecule has 0 spiro atoms. The summed E-state index contributed by atoms with van der Waals surface area (Å²) in [6, 6.07) is 0. The van der Waals surface area contributed by atoms with E-state index in [2.05, 4.69) is 37.5 Å². The van der Waals surface area contributed by atoms with Gasteiger partial charge in [-0.1, -0.05) is 0 Å². The van der Waals surface area contributed by atoms with Crippen LogP contribution in [0.15, 0.2) is 22.3 Å². The van der Waals surface area contributed by atoms with Crippen molar-refractivity contribution in [2.75, 3.05) is 6.61 Å². The third kappa shape index (κ3) is 8.13. The summed E-state index contributed by atoms with van der Waals surface area (Å²) in [6.45, 7) is 19.6. The Bertz CT molecular complexity index is 576. The Balaban J connectivity index is 2.28. The average Bonchev–Trinajstić information content (AvgIpc) is 3.03. The number of hydrogen-bond acceptors (Lipinski definition) is 4. The summed E-state index contributed by atoms with van der Waals surface area (Å²) < 4.78 is 31.9. The minimum absolute atomic E-state index is 0.105. The zero-order valence-corrected chi connectivity index (χ0v) is 24.2. The number of rotatable bonds is 12. The summed E-state index contributed by atoms with van der Waals surface area (Å²) in [6.07, 6.45) is 9.80. The summed E-state index contributed by atoms with van der Waals surface area (Å²) in [4.78, 5) is 0. The van der Waals surface area contributed by atoms with Crippen LogP contribution in [0.5, 0.6) is 0 Å². The van der Waals surface area contributed by atoms with Gasteiger partial charge in [-0.3, -0.25) is 0 Å². The average molecular weight is 543 g/mol. The standard InChI is InChI=1S/C14H21O4.3C4H9.Sn/c1-7-10-12(18-14(5,6)16-10)11-9(2)8-15-13(3,4)17-11;3*1-3-4-2;/h1,7,10-12H,2,8H2,3-6H3;3*1,3-4H2,2H3;/t10-,11+,12+;;;;/m0..../s1. The summed E-state index contributed by atoms with van der Waals surface area (Å²) in [5, 5.41) is 0. The van der Waals surface area contributed by atoms with E-state index in [1.165, 1.54) is 51.8 Å². The van der Waals surface area contributed by atoms with Crippen LogP contribution in [0.4, 0.5) is 0 Å². The molecule has 0 saturated carbocycles. The molecule has 0 aromatic carbocycles. The molecule has 2 aliphatic rings. The molecule has 2 heterocycles. The molecule has 0 N–H and O–H groups in total. The summed E-state index contributed by atoms with van der Waals surface area (Å²) >= 11 is -2.39. The monoisotopic (exact) mass is 544 g/mol. The number of unbranched alkanes of at least 4 members (excludes halogenated alkanes) is 3. The molecule has 0 aromatic heterocycles. The van der Waals surface area contributed by atoms with Gasteiger partial charge in [0.05, 0.1) is 0 Å². The summed E-state index contributed by atoms with van der Waals surface area (Å²) in [7, 11) is 0. The van der Waals surface area contributed by atoms with E-state index >= 15 is 0 Å². The van der Waals surface area contributed by atoms with Gasteiger partial charge in [0.15, 0.2) is 0 Å². The van der Waals surface area contributed by atoms with Crippen LogP contribution in [-0.2, 0) is 18.9 Å². The van der Waals surface area contributed by atoms with Crippen LogP contribution in [0.2, 0.25) is 13.3 Å². The van der Waals surface area contributed by atoms with E-state index in [1.807, 2.05) is 27.7 Å². The van der Waals surface area contributed by atoms with E-state index in [1.54, 1.807) is 0 Å². The van der Waals surface area contributed by atoms with Crippen LogP contribution in [0.1, 0.15) is 87.0 Å². The Morgan fingerprint density at radius 2 is 1.42 bits per heavy atom. The third-order valence-corrected chi connectivity index (χ3v) is 20.7. The Morgan fingerprint density at radius 3 is 1.94 bits per heavy atom. The molecule has 0 unspecified atom stereocenters. The Morgan fingerprint density at radius 1 is 0.871 bits per heavy atom. The fourth-order valence-electron chi connectivity index (χ4n) is 4.78. The van der Waals surface area contributed by atoms with Crippen molar-refractivity contribution >= 4 is 18.4 Å². The quantitative estimate of drug-likeness (QED) is 0.193. The van der Waals surface area contributed by atoms with Gasteiger partial charge in [-0.05, 0) is 0 Å². The molecule has 0 bridgehead atoms. The van der Waals surface area contributed by atoms with E-state index in [9.17, 15) is 0 Å². The van der Waals surface area contributed by atoms with Gasteiger partial charge < -0.3 is 0 Å². The second kappa shape index (κ2) is 12.0. The maximum atomic E-state index is 6.40. The molecule has 2 saturated heterocycles. The molecule has 31 heavy (non-hydrogen) atoms. The number of ether oxygens (including phenoxy) is 4. The first-order valence-electron chi connectivity index (χ1n) is 12.6. The van der Waals surface area contributed by atoms with Crippen molar-refractivity contribution in [2.24, 2.45) is 0 Å². The molecule has 4 nitrogen and oxygen atoms in total. The Hall–Kier alpha value is 0.119. The van der Waals surface area contributed by atoms with Gasteiger partial charge in [-0.2, -0.15) is 0 Å². The van der Waals surface area contributed by atoms with Gasteiger partial charge in [0.2, 0.25) is 0 Å². The van der Waals surface area contributed by atoms with Crippen molar-refractivity contribution in [3.05, 3.63) is 22.3 Å². The van der Waals surface area contributed by atoms with E-state index in [-0.39, 0.29) is 18.3 Å². The van der Waals surface area contributed by atoms with Crippen molar-refractivity contribution in [3.8, 4) is 0 Å². The first-order chi connectivity index (χ1) is 14.6. The Kier molecular flexibility index (Phi) is 10.6. The zero-order valence-electron chi connectivity index (χ0n) is 21.3. The van der Waals surface area contributed by atoms with Crippen molar-refractivity contribution in [2.45, 2.75) is 130 Å². The molecule has 0 amide bonds. The first kappa shape index (κ1) is 27.4. The molecule has 0 aliphatic carbocycles. The molecular formula is C26H48O4Sn. The molecule has 2 aliphatic heterocycles. The van der Waals surface area contributed by atoms with Crippen LogP contribution in [0.3, 0.4) is 0 Å². The van der Waals surface area contributed by atoms with Crippen LogP contribution in [-0.4, -0.2) is 54.9 Å². The first-order valence-corrected chi connectivity index (χ1v) is 20.3. The van der Waals surface area contributed by atoms with Gasteiger partial charge in [0.1, 0.15) is 0 Å².